The average Bonchev–Trinajstić information content (AvgIpc) is 3.17. The van der Waals surface area contributed by atoms with Gasteiger partial charge in [0.05, 0.1) is 10.6 Å². The predicted molar refractivity (Wildman–Crippen MR) is 113 cm³/mol. The van der Waals surface area contributed by atoms with Crippen LogP contribution in [-0.2, 0) is 6.54 Å². The van der Waals surface area contributed by atoms with E-state index in [9.17, 15) is 4.79 Å². The van der Waals surface area contributed by atoms with Gasteiger partial charge >= 0.3 is 0 Å². The molecule has 2 heterocycles. The fraction of sp³-hybridized carbons (Fsp3) is 0.273. The van der Waals surface area contributed by atoms with Crippen LogP contribution in [0.3, 0.4) is 0 Å². The van der Waals surface area contributed by atoms with Gasteiger partial charge in [-0.1, -0.05) is 53.5 Å². The molecule has 1 aliphatic heterocycles. The molecule has 0 saturated carbocycles. The molecule has 0 spiro atoms. The van der Waals surface area contributed by atoms with E-state index in [1.54, 1.807) is 18.2 Å². The predicted octanol–water partition coefficient (Wildman–Crippen LogP) is 5.41. The number of carbonyl (C=O) groups excluding carboxylic acids is 1. The Morgan fingerprint density at radius 2 is 1.82 bits per heavy atom. The number of amides is 1. The largest absolute Gasteiger partial charge is 0.339 e. The molecule has 0 unspecified atom stereocenters. The lowest BCUT2D eigenvalue weighted by molar-refractivity contribution is 0.0683. The first-order valence-electron chi connectivity index (χ1n) is 9.42. The maximum atomic E-state index is 12.8. The highest BCUT2D eigenvalue weighted by Crippen LogP contribution is 2.26. The van der Waals surface area contributed by atoms with E-state index in [2.05, 4.69) is 21.7 Å². The number of benzene rings is 2. The van der Waals surface area contributed by atoms with Gasteiger partial charge in [-0.05, 0) is 37.0 Å². The Balaban J connectivity index is 1.39. The lowest BCUT2D eigenvalue weighted by Crippen LogP contribution is -2.39. The molecule has 1 aromatic heterocycles. The number of imidazole rings is 1. The molecular formula is C22H21Cl2N3O. The van der Waals surface area contributed by atoms with E-state index in [4.69, 9.17) is 23.2 Å². The fourth-order valence-corrected chi connectivity index (χ4v) is 4.22. The van der Waals surface area contributed by atoms with Gasteiger partial charge in [0.2, 0.25) is 0 Å². The van der Waals surface area contributed by atoms with Crippen molar-refractivity contribution in [1.29, 1.82) is 0 Å². The zero-order chi connectivity index (χ0) is 19.5. The van der Waals surface area contributed by atoms with Crippen LogP contribution in [0.4, 0.5) is 0 Å². The number of rotatable bonds is 4. The van der Waals surface area contributed by atoms with Crippen LogP contribution in [-0.4, -0.2) is 33.4 Å². The second kappa shape index (κ2) is 8.38. The molecule has 28 heavy (non-hydrogen) atoms. The smallest absolute Gasteiger partial charge is 0.255 e. The molecule has 6 heteroatoms. The van der Waals surface area contributed by atoms with E-state index in [-0.39, 0.29) is 5.91 Å². The summed E-state index contributed by atoms with van der Waals surface area (Å²) in [6, 6.07) is 15.3. The van der Waals surface area contributed by atoms with Gasteiger partial charge < -0.3 is 9.47 Å². The number of hydrogen-bond donors (Lipinski definition) is 0. The summed E-state index contributed by atoms with van der Waals surface area (Å²) in [4.78, 5) is 19.2. The number of piperidine rings is 1. The highest BCUT2D eigenvalue weighted by molar-refractivity contribution is 6.36. The summed E-state index contributed by atoms with van der Waals surface area (Å²) >= 11 is 12.1. The Morgan fingerprint density at radius 3 is 2.54 bits per heavy atom. The summed E-state index contributed by atoms with van der Waals surface area (Å²) in [5, 5.41) is 0.945. The fourth-order valence-electron chi connectivity index (χ4n) is 3.73. The Morgan fingerprint density at radius 1 is 1.07 bits per heavy atom. The Bertz CT molecular complexity index is 963. The van der Waals surface area contributed by atoms with Crippen LogP contribution in [0, 0.1) is 5.92 Å². The van der Waals surface area contributed by atoms with E-state index < -0.39 is 0 Å². The zero-order valence-corrected chi connectivity index (χ0v) is 16.9. The molecular weight excluding hydrogens is 393 g/mol. The maximum absolute atomic E-state index is 12.8. The van der Waals surface area contributed by atoms with E-state index in [0.717, 1.165) is 43.9 Å². The number of nitrogens with zero attached hydrogens (tertiary/aromatic N) is 3. The molecule has 2 aromatic carbocycles. The van der Waals surface area contributed by atoms with Crippen molar-refractivity contribution in [3.63, 3.8) is 0 Å². The molecule has 1 saturated heterocycles. The van der Waals surface area contributed by atoms with Crippen LogP contribution in [0.15, 0.2) is 60.9 Å². The molecule has 0 N–H and O–H groups in total. The van der Waals surface area contributed by atoms with Gasteiger partial charge in [0.15, 0.2) is 0 Å². The quantitative estimate of drug-likeness (QED) is 0.573. The molecule has 3 aromatic rings. The van der Waals surface area contributed by atoms with Crippen molar-refractivity contribution >= 4 is 29.1 Å². The van der Waals surface area contributed by atoms with E-state index in [0.29, 0.717) is 21.5 Å². The van der Waals surface area contributed by atoms with Crippen LogP contribution in [0.2, 0.25) is 10.0 Å². The minimum Gasteiger partial charge on any atom is -0.339 e. The number of carbonyl (C=O) groups is 1. The molecule has 1 amide bonds. The molecule has 0 atom stereocenters. The number of halogens is 2. The van der Waals surface area contributed by atoms with Gasteiger partial charge in [-0.25, -0.2) is 4.98 Å². The highest BCUT2D eigenvalue weighted by Gasteiger charge is 2.25. The van der Waals surface area contributed by atoms with Crippen molar-refractivity contribution < 1.29 is 4.79 Å². The monoisotopic (exact) mass is 413 g/mol. The Hall–Kier alpha value is -2.30. The normalized spacial score (nSPS) is 15.0. The van der Waals surface area contributed by atoms with Crippen molar-refractivity contribution in [2.24, 2.45) is 5.92 Å². The first-order chi connectivity index (χ1) is 13.6. The molecule has 0 radical (unpaired) electrons. The number of aromatic nitrogens is 2. The summed E-state index contributed by atoms with van der Waals surface area (Å²) in [7, 11) is 0. The van der Waals surface area contributed by atoms with E-state index >= 15 is 0 Å². The minimum atomic E-state index is -0.0206. The van der Waals surface area contributed by atoms with Crippen molar-refractivity contribution in [3.8, 4) is 11.4 Å². The van der Waals surface area contributed by atoms with Gasteiger partial charge in [0.25, 0.3) is 5.91 Å². The van der Waals surface area contributed by atoms with Gasteiger partial charge in [-0.15, -0.1) is 0 Å². The van der Waals surface area contributed by atoms with Crippen LogP contribution >= 0.6 is 23.2 Å². The molecule has 4 rings (SSSR count). The molecule has 144 valence electrons. The maximum Gasteiger partial charge on any atom is 0.255 e. The summed E-state index contributed by atoms with van der Waals surface area (Å²) in [6.45, 7) is 2.38. The van der Waals surface area contributed by atoms with Crippen molar-refractivity contribution in [2.75, 3.05) is 13.1 Å². The Kier molecular flexibility index (Phi) is 5.69. The molecule has 1 fully saturated rings. The zero-order valence-electron chi connectivity index (χ0n) is 15.4. The van der Waals surface area contributed by atoms with Crippen LogP contribution in [0.1, 0.15) is 23.2 Å². The molecule has 1 aliphatic rings. The molecule has 0 bridgehead atoms. The third-order valence-electron chi connectivity index (χ3n) is 5.27. The van der Waals surface area contributed by atoms with Gasteiger partial charge in [0.1, 0.15) is 5.82 Å². The summed E-state index contributed by atoms with van der Waals surface area (Å²) in [5.74, 6) is 1.49. The third kappa shape index (κ3) is 4.08. The van der Waals surface area contributed by atoms with Gasteiger partial charge in [-0.3, -0.25) is 4.79 Å². The molecule has 4 nitrogen and oxygen atoms in total. The lowest BCUT2D eigenvalue weighted by atomic mass is 9.96. The highest BCUT2D eigenvalue weighted by atomic mass is 35.5. The van der Waals surface area contributed by atoms with Crippen LogP contribution in [0.5, 0.6) is 0 Å². The third-order valence-corrected chi connectivity index (χ3v) is 5.81. The topological polar surface area (TPSA) is 38.1 Å². The van der Waals surface area contributed by atoms with E-state index in [1.807, 2.05) is 35.5 Å². The second-order valence-electron chi connectivity index (χ2n) is 7.13. The SMILES string of the molecule is O=C(c1ccc(Cl)cc1Cl)N1CCC(Cn2ccnc2-c2ccccc2)CC1. The standard InChI is InChI=1S/C22H21Cl2N3O/c23-18-6-7-19(20(24)14-18)22(28)26-11-8-16(9-12-26)15-27-13-10-25-21(27)17-4-2-1-3-5-17/h1-7,10,13-14,16H,8-9,11-12,15H2. The first kappa shape index (κ1) is 19.0. The number of likely N-dealkylation sites (tertiary alicyclic amines) is 1. The molecule has 0 aliphatic carbocycles. The average molecular weight is 414 g/mol. The van der Waals surface area contributed by atoms with Crippen molar-refractivity contribution in [3.05, 3.63) is 76.5 Å². The van der Waals surface area contributed by atoms with Crippen molar-refractivity contribution in [1.82, 2.24) is 14.5 Å². The number of hydrogen-bond acceptors (Lipinski definition) is 2. The summed E-state index contributed by atoms with van der Waals surface area (Å²) in [6.07, 6.45) is 5.81. The second-order valence-corrected chi connectivity index (χ2v) is 7.97. The van der Waals surface area contributed by atoms with Gasteiger partial charge in [-0.2, -0.15) is 0 Å². The summed E-state index contributed by atoms with van der Waals surface area (Å²) < 4.78 is 2.22. The lowest BCUT2D eigenvalue weighted by Gasteiger charge is -2.32. The van der Waals surface area contributed by atoms with Crippen molar-refractivity contribution in [2.45, 2.75) is 19.4 Å². The minimum absolute atomic E-state index is 0.0206. The first-order valence-corrected chi connectivity index (χ1v) is 10.2. The van der Waals surface area contributed by atoms with Gasteiger partial charge in [0, 0.05) is 42.6 Å². The Labute approximate surface area is 174 Å². The summed E-state index contributed by atoms with van der Waals surface area (Å²) in [5.41, 5.74) is 1.64. The van der Waals surface area contributed by atoms with E-state index in [1.165, 1.54) is 0 Å². The van der Waals surface area contributed by atoms with Crippen LogP contribution in [0.25, 0.3) is 11.4 Å². The van der Waals surface area contributed by atoms with Crippen LogP contribution < -0.4 is 0 Å².